The molecule has 1 aromatic heterocycles. The Morgan fingerprint density at radius 2 is 1.82 bits per heavy atom. The summed E-state index contributed by atoms with van der Waals surface area (Å²) in [5.41, 5.74) is 1.29. The number of H-pyrrole nitrogens is 1. The fraction of sp³-hybridized carbons (Fsp3) is 0.357. The molecule has 5 nitrogen and oxygen atoms in total. The van der Waals surface area contributed by atoms with Gasteiger partial charge in [0.2, 0.25) is 0 Å². The first kappa shape index (κ1) is 15.2. The zero-order valence-electron chi connectivity index (χ0n) is 13.5. The maximum atomic E-state index is 4.13. The van der Waals surface area contributed by atoms with Crippen LogP contribution in [0, 0.1) is 0 Å². The summed E-state index contributed by atoms with van der Waals surface area (Å²) in [6.07, 6.45) is 2.99. The topological polar surface area (TPSA) is 38.4 Å². The zero-order chi connectivity index (χ0) is 15.5. The molecule has 1 saturated heterocycles. The average Bonchev–Trinajstić information content (AvgIpc) is 3.07. The van der Waals surface area contributed by atoms with Crippen LogP contribution in [0.1, 0.15) is 13.3 Å². The highest BCUT2D eigenvalue weighted by Crippen LogP contribution is 2.25. The van der Waals surface area contributed by atoms with Gasteiger partial charge in [0.1, 0.15) is 5.82 Å². The molecule has 1 radical (unpaired) electrons. The lowest BCUT2D eigenvalue weighted by Gasteiger charge is -2.49. The van der Waals surface area contributed by atoms with Gasteiger partial charge in [0.15, 0.2) is 0 Å². The van der Waals surface area contributed by atoms with Gasteiger partial charge in [-0.1, -0.05) is 38.8 Å². The Kier molecular flexibility index (Phi) is 4.59. The van der Waals surface area contributed by atoms with Crippen LogP contribution >= 0.6 is 0 Å². The first-order chi connectivity index (χ1) is 10.7. The number of para-hydroxylation sites is 1. The van der Waals surface area contributed by atoms with Crippen LogP contribution in [0.3, 0.4) is 0 Å². The molecule has 3 rings (SSSR count). The summed E-state index contributed by atoms with van der Waals surface area (Å²) >= 11 is 0. The van der Waals surface area contributed by atoms with Gasteiger partial charge < -0.3 is 13.7 Å². The predicted molar refractivity (Wildman–Crippen MR) is 97.4 cm³/mol. The molecule has 2 heterocycles. The number of nitrogens with zero attached hydrogens (tertiary/aromatic N) is 4. The standard InChI is InChI=1S/C14H22B2N5Si/c1-4-12-19-15(2)20(13-8-6-5-7-9-13)22-21(16(19)3)14-10-11-17-18-14/h5-11,22H,4,12H2,1-3H3,(H,17,18). The highest BCUT2D eigenvalue weighted by molar-refractivity contribution is 6.92. The molecule has 0 amide bonds. The molecule has 0 spiro atoms. The minimum absolute atomic E-state index is 0.0301. The monoisotopic (exact) mass is 310 g/mol. The Hall–Kier alpha value is -1.66. The van der Waals surface area contributed by atoms with Gasteiger partial charge in [-0.15, -0.1) is 0 Å². The van der Waals surface area contributed by atoms with E-state index in [9.17, 15) is 0 Å². The van der Waals surface area contributed by atoms with Crippen LogP contribution in [0.15, 0.2) is 42.6 Å². The van der Waals surface area contributed by atoms with Gasteiger partial charge in [0, 0.05) is 5.69 Å². The molecule has 22 heavy (non-hydrogen) atoms. The lowest BCUT2D eigenvalue weighted by atomic mass is 9.61. The number of hydrogen-bond donors (Lipinski definition) is 1. The molecule has 1 aromatic carbocycles. The van der Waals surface area contributed by atoms with Crippen LogP contribution in [0.25, 0.3) is 0 Å². The van der Waals surface area contributed by atoms with Gasteiger partial charge in [-0.25, -0.2) is 0 Å². The average molecular weight is 310 g/mol. The molecular weight excluding hydrogens is 288 g/mol. The van der Waals surface area contributed by atoms with E-state index in [1.54, 1.807) is 0 Å². The highest BCUT2D eigenvalue weighted by Gasteiger charge is 2.41. The first-order valence-electron chi connectivity index (χ1n) is 7.94. The van der Waals surface area contributed by atoms with Gasteiger partial charge in [0.25, 0.3) is 9.84 Å². The summed E-state index contributed by atoms with van der Waals surface area (Å²) in [5, 5.41) is 7.26. The number of aromatic nitrogens is 2. The van der Waals surface area contributed by atoms with E-state index < -0.39 is 0 Å². The third-order valence-electron chi connectivity index (χ3n) is 4.31. The van der Waals surface area contributed by atoms with Crippen molar-refractivity contribution in [3.63, 3.8) is 0 Å². The van der Waals surface area contributed by atoms with E-state index in [0.717, 1.165) is 18.8 Å². The van der Waals surface area contributed by atoms with Gasteiger partial charge >= 0.3 is 14.0 Å². The number of aromatic amines is 1. The Bertz CT molecular complexity index is 582. The normalized spacial score (nSPS) is 16.5. The molecule has 0 aliphatic carbocycles. The number of benzene rings is 1. The summed E-state index contributed by atoms with van der Waals surface area (Å²) in [7, 11) is -0.0301. The second-order valence-electron chi connectivity index (χ2n) is 5.71. The summed E-state index contributed by atoms with van der Waals surface area (Å²) in [6, 6.07) is 12.8. The van der Waals surface area contributed by atoms with Gasteiger partial charge in [-0.3, -0.25) is 5.10 Å². The van der Waals surface area contributed by atoms with Crippen molar-refractivity contribution in [2.75, 3.05) is 15.5 Å². The Morgan fingerprint density at radius 1 is 1.09 bits per heavy atom. The van der Waals surface area contributed by atoms with Crippen molar-refractivity contribution >= 4 is 35.3 Å². The van der Waals surface area contributed by atoms with Crippen molar-refractivity contribution in [2.45, 2.75) is 27.0 Å². The summed E-state index contributed by atoms with van der Waals surface area (Å²) in [6.45, 7) is 8.74. The van der Waals surface area contributed by atoms with Crippen molar-refractivity contribution in [3.05, 3.63) is 42.6 Å². The van der Waals surface area contributed by atoms with E-state index in [1.807, 2.05) is 6.20 Å². The van der Waals surface area contributed by atoms with Crippen LogP contribution in [-0.4, -0.2) is 45.3 Å². The fourth-order valence-electron chi connectivity index (χ4n) is 3.13. The molecule has 1 aliphatic rings. The fourth-order valence-corrected chi connectivity index (χ4v) is 4.70. The van der Waals surface area contributed by atoms with Crippen LogP contribution in [0.5, 0.6) is 0 Å². The second-order valence-corrected chi connectivity index (χ2v) is 7.05. The molecule has 0 atom stereocenters. The largest absolute Gasteiger partial charge is 0.416 e. The SMILES string of the molecule is CCCN1B(C)N(c2ccccc2)[SiH]N(c2ccn[nH]2)B1C. The quantitative estimate of drug-likeness (QED) is 0.876. The maximum absolute atomic E-state index is 4.13. The molecule has 1 N–H and O–H groups in total. The van der Waals surface area contributed by atoms with Gasteiger partial charge in [0.05, 0.1) is 6.20 Å². The molecular formula is C14H22B2N5Si. The van der Waals surface area contributed by atoms with Crippen LogP contribution in [-0.2, 0) is 0 Å². The molecule has 8 heteroatoms. The molecule has 1 aliphatic heterocycles. The summed E-state index contributed by atoms with van der Waals surface area (Å²) in [5.74, 6) is 1.11. The van der Waals surface area contributed by atoms with Crippen molar-refractivity contribution in [2.24, 2.45) is 0 Å². The number of nitrogens with one attached hydrogen (secondary N) is 1. The lowest BCUT2D eigenvalue weighted by molar-refractivity contribution is 0.619. The van der Waals surface area contributed by atoms with Crippen molar-refractivity contribution < 1.29 is 0 Å². The second kappa shape index (κ2) is 6.62. The van der Waals surface area contributed by atoms with Crippen molar-refractivity contribution in [1.29, 1.82) is 0 Å². The summed E-state index contributed by atoms with van der Waals surface area (Å²) in [4.78, 5) is 0. The smallest absolute Gasteiger partial charge is 0.323 e. The van der Waals surface area contributed by atoms with E-state index in [0.29, 0.717) is 14.0 Å². The van der Waals surface area contributed by atoms with E-state index >= 15 is 0 Å². The zero-order valence-corrected chi connectivity index (χ0v) is 14.6. The van der Waals surface area contributed by atoms with Crippen LogP contribution in [0.4, 0.5) is 11.5 Å². The highest BCUT2D eigenvalue weighted by atomic mass is 28.2. The van der Waals surface area contributed by atoms with Gasteiger partial charge in [-0.2, -0.15) is 5.10 Å². The van der Waals surface area contributed by atoms with Crippen LogP contribution < -0.4 is 8.95 Å². The Morgan fingerprint density at radius 3 is 2.45 bits per heavy atom. The maximum Gasteiger partial charge on any atom is 0.323 e. The van der Waals surface area contributed by atoms with Crippen molar-refractivity contribution in [1.82, 2.24) is 14.9 Å². The lowest BCUT2D eigenvalue weighted by Crippen LogP contribution is -2.72. The number of hydrogen-bond acceptors (Lipinski definition) is 4. The molecule has 1 fully saturated rings. The number of anilines is 2. The third-order valence-corrected chi connectivity index (χ3v) is 6.25. The minimum Gasteiger partial charge on any atom is -0.416 e. The molecule has 0 unspecified atom stereocenters. The van der Waals surface area contributed by atoms with Crippen molar-refractivity contribution in [3.8, 4) is 0 Å². The summed E-state index contributed by atoms with van der Waals surface area (Å²) < 4.78 is 7.54. The minimum atomic E-state index is -0.0301. The Labute approximate surface area is 135 Å². The molecule has 0 bridgehead atoms. The number of rotatable bonds is 4. The van der Waals surface area contributed by atoms with E-state index in [-0.39, 0.29) is 9.84 Å². The Balaban J connectivity index is 1.93. The van der Waals surface area contributed by atoms with E-state index in [2.05, 4.69) is 80.8 Å². The van der Waals surface area contributed by atoms with Gasteiger partial charge in [-0.05, 0) is 31.2 Å². The van der Waals surface area contributed by atoms with E-state index in [4.69, 9.17) is 0 Å². The predicted octanol–water partition coefficient (Wildman–Crippen LogP) is 1.95. The molecule has 2 aromatic rings. The third kappa shape index (κ3) is 2.80. The molecule has 0 saturated carbocycles. The van der Waals surface area contributed by atoms with E-state index in [1.165, 1.54) is 5.69 Å². The van der Waals surface area contributed by atoms with Crippen LogP contribution in [0.2, 0.25) is 13.6 Å². The molecule has 113 valence electrons. The first-order valence-corrected chi connectivity index (χ1v) is 8.97.